The van der Waals surface area contributed by atoms with Crippen molar-refractivity contribution in [3.8, 4) is 0 Å². The molecule has 1 aliphatic heterocycles. The molecule has 32 heavy (non-hydrogen) atoms. The summed E-state index contributed by atoms with van der Waals surface area (Å²) in [5, 5.41) is 0. The number of nitrogens with zero attached hydrogens (tertiary/aromatic N) is 3. The summed E-state index contributed by atoms with van der Waals surface area (Å²) in [6.45, 7) is 3.04. The highest BCUT2D eigenvalue weighted by Gasteiger charge is 2.25. The maximum absolute atomic E-state index is 12.5. The summed E-state index contributed by atoms with van der Waals surface area (Å²) >= 11 is 4.52. The maximum atomic E-state index is 12.5. The van der Waals surface area contributed by atoms with Crippen LogP contribution in [0.25, 0.3) is 10.2 Å². The number of carbonyl (C=O) groups excluding carboxylic acids is 3. The lowest BCUT2D eigenvalue weighted by Gasteiger charge is -2.26. The zero-order valence-corrected chi connectivity index (χ0v) is 20.5. The van der Waals surface area contributed by atoms with Gasteiger partial charge in [0, 0.05) is 17.6 Å². The minimum Gasteiger partial charge on any atom is -0.465 e. The van der Waals surface area contributed by atoms with Gasteiger partial charge in [0.15, 0.2) is 14.6 Å². The Morgan fingerprint density at radius 3 is 2.62 bits per heavy atom. The Morgan fingerprint density at radius 2 is 1.94 bits per heavy atom. The topological polar surface area (TPSA) is 124 Å². The van der Waals surface area contributed by atoms with Crippen LogP contribution in [0, 0.1) is 0 Å². The van der Waals surface area contributed by atoms with Gasteiger partial charge in [0.05, 0.1) is 30.0 Å². The number of morpholine rings is 1. The van der Waals surface area contributed by atoms with Crippen LogP contribution in [0.5, 0.6) is 0 Å². The van der Waals surface area contributed by atoms with Crippen molar-refractivity contribution in [3.05, 3.63) is 27.5 Å². The molecule has 0 aliphatic carbocycles. The fraction of sp³-hybridized carbons (Fsp3) is 0.474. The number of benzene rings is 1. The highest BCUT2D eigenvalue weighted by Crippen LogP contribution is 2.22. The van der Waals surface area contributed by atoms with Crippen molar-refractivity contribution in [2.24, 2.45) is 4.99 Å². The van der Waals surface area contributed by atoms with Crippen molar-refractivity contribution in [1.29, 1.82) is 0 Å². The molecule has 174 valence electrons. The van der Waals surface area contributed by atoms with E-state index in [1.807, 2.05) is 6.07 Å². The molecule has 0 saturated carbocycles. The van der Waals surface area contributed by atoms with Crippen molar-refractivity contribution in [2.45, 2.75) is 13.5 Å². The molecule has 10 nitrogen and oxygen atoms in total. The predicted octanol–water partition coefficient (Wildman–Crippen LogP) is 0.729. The minimum atomic E-state index is -4.01. The fourth-order valence-corrected chi connectivity index (χ4v) is 5.79. The molecule has 2 aromatic rings. The van der Waals surface area contributed by atoms with Gasteiger partial charge in [-0.2, -0.15) is 4.99 Å². The van der Waals surface area contributed by atoms with Crippen LogP contribution in [0.3, 0.4) is 0 Å². The van der Waals surface area contributed by atoms with E-state index in [1.165, 1.54) is 9.47 Å². The Morgan fingerprint density at radius 1 is 1.22 bits per heavy atom. The quantitative estimate of drug-likeness (QED) is 0.468. The van der Waals surface area contributed by atoms with Crippen molar-refractivity contribution >= 4 is 65.1 Å². The van der Waals surface area contributed by atoms with Crippen molar-refractivity contribution < 1.29 is 32.3 Å². The van der Waals surface area contributed by atoms with E-state index < -0.39 is 39.1 Å². The second-order valence-electron chi connectivity index (χ2n) is 6.92. The Labute approximate surface area is 196 Å². The van der Waals surface area contributed by atoms with Gasteiger partial charge in [0.1, 0.15) is 18.1 Å². The van der Waals surface area contributed by atoms with E-state index in [1.54, 1.807) is 19.1 Å². The first-order valence-corrected chi connectivity index (χ1v) is 13.2. The standard InChI is InChI=1S/C19H22BrN3O7S2/c1-2-30-18(26)10-23-14-4-3-13(20)9-15(14)31-19(23)21-16(24)11-32(27,28)12-17(25)22-5-7-29-8-6-22/h3-4,9H,2,5-8,10-12H2,1H3. The molecule has 1 fully saturated rings. The molecular formula is C19H22BrN3O7S2. The summed E-state index contributed by atoms with van der Waals surface area (Å²) in [7, 11) is -4.01. The van der Waals surface area contributed by atoms with Gasteiger partial charge in [-0.05, 0) is 25.1 Å². The zero-order chi connectivity index (χ0) is 23.3. The minimum absolute atomic E-state index is 0.172. The van der Waals surface area contributed by atoms with Crippen LogP contribution in [0.1, 0.15) is 6.92 Å². The van der Waals surface area contributed by atoms with Gasteiger partial charge in [0.2, 0.25) is 5.91 Å². The molecule has 1 aromatic heterocycles. The van der Waals surface area contributed by atoms with Gasteiger partial charge >= 0.3 is 5.97 Å². The maximum Gasteiger partial charge on any atom is 0.326 e. The normalized spacial score (nSPS) is 15.2. The molecule has 2 amide bonds. The number of rotatable bonds is 7. The summed E-state index contributed by atoms with van der Waals surface area (Å²) in [5.41, 5.74) is 0.656. The molecule has 0 atom stereocenters. The second-order valence-corrected chi connectivity index (χ2v) is 10.9. The first-order valence-electron chi connectivity index (χ1n) is 9.76. The molecule has 0 unspecified atom stereocenters. The van der Waals surface area contributed by atoms with E-state index in [4.69, 9.17) is 9.47 Å². The monoisotopic (exact) mass is 547 g/mol. The third kappa shape index (κ3) is 6.47. The van der Waals surface area contributed by atoms with Crippen molar-refractivity contribution in [2.75, 3.05) is 44.4 Å². The highest BCUT2D eigenvalue weighted by molar-refractivity contribution is 9.10. The Balaban J connectivity index is 1.82. The molecule has 0 radical (unpaired) electrons. The smallest absolute Gasteiger partial charge is 0.326 e. The lowest BCUT2D eigenvalue weighted by molar-refractivity contribution is -0.143. The average molecular weight is 548 g/mol. The second kappa shape index (κ2) is 10.7. The number of hydrogen-bond donors (Lipinski definition) is 0. The van der Waals surface area contributed by atoms with E-state index in [0.29, 0.717) is 31.8 Å². The van der Waals surface area contributed by atoms with Gasteiger partial charge in [-0.3, -0.25) is 14.4 Å². The van der Waals surface area contributed by atoms with Crippen LogP contribution in [-0.2, 0) is 40.2 Å². The average Bonchev–Trinajstić information content (AvgIpc) is 3.03. The number of aromatic nitrogens is 1. The molecule has 1 aliphatic rings. The number of fused-ring (bicyclic) bond motifs is 1. The van der Waals surface area contributed by atoms with Crippen LogP contribution in [0.2, 0.25) is 0 Å². The molecule has 0 spiro atoms. The van der Waals surface area contributed by atoms with Crippen molar-refractivity contribution in [1.82, 2.24) is 9.47 Å². The molecule has 0 N–H and O–H groups in total. The SMILES string of the molecule is CCOC(=O)Cn1c(=NC(=O)CS(=O)(=O)CC(=O)N2CCOCC2)sc2cc(Br)ccc21. The first kappa shape index (κ1) is 24.6. The Hall–Kier alpha value is -2.09. The summed E-state index contributed by atoms with van der Waals surface area (Å²) in [5.74, 6) is -3.66. The molecule has 1 saturated heterocycles. The number of carbonyl (C=O) groups is 3. The van der Waals surface area contributed by atoms with Crippen molar-refractivity contribution in [3.63, 3.8) is 0 Å². The summed E-state index contributed by atoms with van der Waals surface area (Å²) in [6.07, 6.45) is 0. The largest absolute Gasteiger partial charge is 0.465 e. The third-order valence-corrected chi connectivity index (χ3v) is 7.42. The van der Waals surface area contributed by atoms with Gasteiger partial charge in [-0.1, -0.05) is 27.3 Å². The van der Waals surface area contributed by atoms with E-state index >= 15 is 0 Å². The van der Waals surface area contributed by atoms with Crippen LogP contribution in [0.15, 0.2) is 27.7 Å². The number of hydrogen-bond acceptors (Lipinski definition) is 8. The van der Waals surface area contributed by atoms with Crippen LogP contribution >= 0.6 is 27.3 Å². The van der Waals surface area contributed by atoms with E-state index in [-0.39, 0.29) is 18.0 Å². The lowest BCUT2D eigenvalue weighted by atomic mass is 10.3. The summed E-state index contributed by atoms with van der Waals surface area (Å²) in [6, 6.07) is 5.35. The number of ether oxygens (including phenoxy) is 2. The van der Waals surface area contributed by atoms with Gasteiger partial charge < -0.3 is 18.9 Å². The molecule has 2 heterocycles. The fourth-order valence-electron chi connectivity index (χ4n) is 3.09. The number of esters is 1. The lowest BCUT2D eigenvalue weighted by Crippen LogP contribution is -2.43. The highest BCUT2D eigenvalue weighted by atomic mass is 79.9. The van der Waals surface area contributed by atoms with Gasteiger partial charge in [-0.25, -0.2) is 8.42 Å². The van der Waals surface area contributed by atoms with Crippen LogP contribution < -0.4 is 4.80 Å². The third-order valence-electron chi connectivity index (χ3n) is 4.51. The molecule has 1 aromatic carbocycles. The molecule has 13 heteroatoms. The van der Waals surface area contributed by atoms with Gasteiger partial charge in [-0.15, -0.1) is 0 Å². The number of halogens is 1. The molecule has 3 rings (SSSR count). The zero-order valence-electron chi connectivity index (χ0n) is 17.3. The van der Waals surface area contributed by atoms with Gasteiger partial charge in [0.25, 0.3) is 5.91 Å². The van der Waals surface area contributed by atoms with E-state index in [0.717, 1.165) is 20.5 Å². The number of thiazole rings is 1. The Bertz CT molecular complexity index is 1200. The molecule has 0 bridgehead atoms. The van der Waals surface area contributed by atoms with E-state index in [2.05, 4.69) is 20.9 Å². The van der Waals surface area contributed by atoms with Crippen LogP contribution in [0.4, 0.5) is 0 Å². The number of sulfone groups is 1. The first-order chi connectivity index (χ1) is 15.2. The van der Waals surface area contributed by atoms with E-state index in [9.17, 15) is 22.8 Å². The number of amides is 2. The van der Waals surface area contributed by atoms with Crippen LogP contribution in [-0.4, -0.2) is 80.1 Å². The predicted molar refractivity (Wildman–Crippen MR) is 121 cm³/mol. The Kier molecular flexibility index (Phi) is 8.20. The summed E-state index contributed by atoms with van der Waals surface area (Å²) in [4.78, 5) is 42.3. The molecular weight excluding hydrogens is 526 g/mol. The summed E-state index contributed by atoms with van der Waals surface area (Å²) < 4.78 is 38.0.